The number of alkyl halides is 2. The van der Waals surface area contributed by atoms with Gasteiger partial charge in [-0.15, -0.1) is 16.4 Å². The van der Waals surface area contributed by atoms with Crippen molar-refractivity contribution in [2.24, 2.45) is 0 Å². The summed E-state index contributed by atoms with van der Waals surface area (Å²) < 4.78 is 42.0. The molecule has 1 aliphatic heterocycles. The number of carbonyl (C=O) groups is 1. The molecule has 1 fully saturated rings. The number of piperidine rings is 1. The van der Waals surface area contributed by atoms with E-state index in [9.17, 15) is 27.9 Å². The predicted octanol–water partition coefficient (Wildman–Crippen LogP) is 2.35. The number of fused-ring (bicyclic) bond motifs is 1. The highest BCUT2D eigenvalue weighted by Gasteiger charge is 2.36. The number of aliphatic hydroxyl groups is 1. The van der Waals surface area contributed by atoms with E-state index in [-0.39, 0.29) is 38.0 Å². The second-order valence-corrected chi connectivity index (χ2v) is 9.15. The molecule has 1 unspecified atom stereocenters. The zero-order chi connectivity index (χ0) is 23.0. The summed E-state index contributed by atoms with van der Waals surface area (Å²) in [6.45, 7) is 2.21. The minimum Gasteiger partial charge on any atom is -0.388 e. The lowest BCUT2D eigenvalue weighted by Gasteiger charge is -2.38. The minimum absolute atomic E-state index is 0.0257. The standard InChI is InChI=1S/C20H22F3N5O3S/c1-12-17-13(9-32-12)19(30)27(11-24-17)10-20(31)3-6-26(7-4-20)16(29)8-14(18(22)23)28-5-2-15(21)25-28/h2,5,9,11,14,18,31H,3-4,6-8,10H2,1H3. The Morgan fingerprint density at radius 1 is 1.34 bits per heavy atom. The van der Waals surface area contributed by atoms with E-state index in [1.54, 1.807) is 5.38 Å². The molecule has 0 spiro atoms. The summed E-state index contributed by atoms with van der Waals surface area (Å²) >= 11 is 1.43. The highest BCUT2D eigenvalue weighted by atomic mass is 32.1. The Hall–Kier alpha value is -2.73. The van der Waals surface area contributed by atoms with Gasteiger partial charge in [0.25, 0.3) is 12.0 Å². The third-order valence-electron chi connectivity index (χ3n) is 5.86. The summed E-state index contributed by atoms with van der Waals surface area (Å²) in [5.41, 5.74) is -0.819. The molecule has 1 saturated heterocycles. The smallest absolute Gasteiger partial charge is 0.262 e. The normalized spacial score (nSPS) is 17.2. The molecular weight excluding hydrogens is 447 g/mol. The van der Waals surface area contributed by atoms with E-state index in [0.29, 0.717) is 10.9 Å². The van der Waals surface area contributed by atoms with Crippen molar-refractivity contribution in [1.82, 2.24) is 24.2 Å². The van der Waals surface area contributed by atoms with Crippen LogP contribution in [0.1, 0.15) is 30.2 Å². The predicted molar refractivity (Wildman–Crippen MR) is 111 cm³/mol. The summed E-state index contributed by atoms with van der Waals surface area (Å²) in [5, 5.41) is 16.6. The van der Waals surface area contributed by atoms with Crippen molar-refractivity contribution in [2.75, 3.05) is 13.1 Å². The zero-order valence-corrected chi connectivity index (χ0v) is 18.1. The lowest BCUT2D eigenvalue weighted by atomic mass is 9.91. The SMILES string of the molecule is Cc1scc2c(=O)n(CC3(O)CCN(C(=O)CC(C(F)F)n4ccc(F)n4)CC3)cnc12. The summed E-state index contributed by atoms with van der Waals surface area (Å²) in [6, 6.07) is -0.620. The van der Waals surface area contributed by atoms with E-state index in [0.717, 1.165) is 21.8 Å². The number of amides is 1. The molecule has 32 heavy (non-hydrogen) atoms. The van der Waals surface area contributed by atoms with Crippen molar-refractivity contribution in [3.8, 4) is 0 Å². The molecule has 0 aliphatic carbocycles. The monoisotopic (exact) mass is 469 g/mol. The molecule has 0 bridgehead atoms. The first-order valence-electron chi connectivity index (χ1n) is 10.1. The van der Waals surface area contributed by atoms with E-state index < -0.39 is 36.3 Å². The second kappa shape index (κ2) is 8.66. The Balaban J connectivity index is 1.40. The Labute approximate surface area is 184 Å². The Bertz CT molecular complexity index is 1180. The Morgan fingerprint density at radius 2 is 2.06 bits per heavy atom. The van der Waals surface area contributed by atoms with Gasteiger partial charge < -0.3 is 10.0 Å². The van der Waals surface area contributed by atoms with Crippen molar-refractivity contribution in [3.05, 3.63) is 45.1 Å². The Kier molecular flexibility index (Phi) is 6.08. The van der Waals surface area contributed by atoms with Gasteiger partial charge in [0.1, 0.15) is 6.04 Å². The van der Waals surface area contributed by atoms with Gasteiger partial charge in [0.15, 0.2) is 0 Å². The van der Waals surface area contributed by atoms with E-state index in [4.69, 9.17) is 0 Å². The number of thiophene rings is 1. The molecule has 1 atom stereocenters. The molecule has 0 radical (unpaired) electrons. The maximum absolute atomic E-state index is 13.4. The van der Waals surface area contributed by atoms with Crippen LogP contribution >= 0.6 is 11.3 Å². The van der Waals surface area contributed by atoms with Crippen LogP contribution in [0.2, 0.25) is 0 Å². The molecule has 172 valence electrons. The Morgan fingerprint density at radius 3 is 2.69 bits per heavy atom. The van der Waals surface area contributed by atoms with Gasteiger partial charge in [-0.05, 0) is 19.8 Å². The van der Waals surface area contributed by atoms with Gasteiger partial charge >= 0.3 is 0 Å². The maximum atomic E-state index is 13.4. The first-order chi connectivity index (χ1) is 15.2. The average molecular weight is 469 g/mol. The number of halogens is 3. The van der Waals surface area contributed by atoms with Crippen LogP contribution in [0, 0.1) is 12.9 Å². The van der Waals surface area contributed by atoms with Crippen LogP contribution in [-0.4, -0.2) is 60.4 Å². The second-order valence-electron chi connectivity index (χ2n) is 8.06. The van der Waals surface area contributed by atoms with Crippen LogP contribution in [0.5, 0.6) is 0 Å². The molecule has 3 aromatic heterocycles. The van der Waals surface area contributed by atoms with Crippen molar-refractivity contribution in [2.45, 2.75) is 50.8 Å². The first-order valence-corrected chi connectivity index (χ1v) is 11.0. The maximum Gasteiger partial charge on any atom is 0.262 e. The summed E-state index contributed by atoms with van der Waals surface area (Å²) in [4.78, 5) is 31.9. The van der Waals surface area contributed by atoms with Crippen molar-refractivity contribution >= 4 is 28.1 Å². The molecule has 1 N–H and O–H groups in total. The summed E-state index contributed by atoms with van der Waals surface area (Å²) in [7, 11) is 0. The quantitative estimate of drug-likeness (QED) is 0.598. The fraction of sp³-hybridized carbons (Fsp3) is 0.500. The molecule has 4 rings (SSSR count). The van der Waals surface area contributed by atoms with Crippen molar-refractivity contribution < 1.29 is 23.1 Å². The van der Waals surface area contributed by atoms with Crippen LogP contribution in [0.4, 0.5) is 13.2 Å². The number of hydrogen-bond donors (Lipinski definition) is 1. The van der Waals surface area contributed by atoms with Gasteiger partial charge in [-0.2, -0.15) is 4.39 Å². The highest BCUT2D eigenvalue weighted by molar-refractivity contribution is 7.11. The van der Waals surface area contributed by atoms with Gasteiger partial charge in [-0.3, -0.25) is 18.8 Å². The molecular formula is C20H22F3N5O3S. The van der Waals surface area contributed by atoms with Crippen LogP contribution in [0.3, 0.4) is 0 Å². The number of hydrogen-bond acceptors (Lipinski definition) is 6. The molecule has 4 heterocycles. The van der Waals surface area contributed by atoms with Crippen LogP contribution in [0.15, 0.2) is 28.8 Å². The van der Waals surface area contributed by atoms with E-state index in [1.807, 2.05) is 6.92 Å². The summed E-state index contributed by atoms with van der Waals surface area (Å²) in [6.07, 6.45) is -0.574. The van der Waals surface area contributed by atoms with Gasteiger partial charge in [-0.1, -0.05) is 0 Å². The number of carbonyl (C=O) groups excluding carboxylic acids is 1. The van der Waals surface area contributed by atoms with Crippen LogP contribution < -0.4 is 5.56 Å². The molecule has 3 aromatic rings. The molecule has 0 saturated carbocycles. The fourth-order valence-electron chi connectivity index (χ4n) is 3.96. The summed E-state index contributed by atoms with van der Waals surface area (Å²) in [5.74, 6) is -1.42. The number of nitrogens with zero attached hydrogens (tertiary/aromatic N) is 5. The van der Waals surface area contributed by atoms with Crippen molar-refractivity contribution in [1.29, 1.82) is 0 Å². The van der Waals surface area contributed by atoms with E-state index >= 15 is 0 Å². The lowest BCUT2D eigenvalue weighted by Crippen LogP contribution is -2.50. The largest absolute Gasteiger partial charge is 0.388 e. The molecule has 1 amide bonds. The highest BCUT2D eigenvalue weighted by Crippen LogP contribution is 2.27. The number of aryl methyl sites for hydroxylation is 1. The van der Waals surface area contributed by atoms with Gasteiger partial charge in [-0.25, -0.2) is 13.8 Å². The number of aromatic nitrogens is 4. The topological polar surface area (TPSA) is 93.2 Å². The molecule has 8 nitrogen and oxygen atoms in total. The number of rotatable bonds is 6. The van der Waals surface area contributed by atoms with Crippen LogP contribution in [-0.2, 0) is 11.3 Å². The lowest BCUT2D eigenvalue weighted by molar-refractivity contribution is -0.138. The third kappa shape index (κ3) is 4.42. The average Bonchev–Trinajstić information content (AvgIpc) is 3.34. The minimum atomic E-state index is -2.89. The van der Waals surface area contributed by atoms with Crippen molar-refractivity contribution in [3.63, 3.8) is 0 Å². The zero-order valence-electron chi connectivity index (χ0n) is 17.2. The number of likely N-dealkylation sites (tertiary alicyclic amines) is 1. The van der Waals surface area contributed by atoms with Crippen LogP contribution in [0.25, 0.3) is 10.9 Å². The van der Waals surface area contributed by atoms with Gasteiger partial charge in [0, 0.05) is 35.6 Å². The third-order valence-corrected chi connectivity index (χ3v) is 6.76. The van der Waals surface area contributed by atoms with Gasteiger partial charge in [0.2, 0.25) is 11.9 Å². The van der Waals surface area contributed by atoms with Gasteiger partial charge in [0.05, 0.1) is 35.8 Å². The fourth-order valence-corrected chi connectivity index (χ4v) is 4.74. The molecule has 1 aliphatic rings. The van der Waals surface area contributed by atoms with E-state index in [2.05, 4.69) is 10.1 Å². The first kappa shape index (κ1) is 22.5. The molecule has 0 aromatic carbocycles. The molecule has 12 heteroatoms. The van der Waals surface area contributed by atoms with E-state index in [1.165, 1.54) is 27.1 Å².